The first-order valence-corrected chi connectivity index (χ1v) is 7.38. The molecular formula is C15H29N2P. The highest BCUT2D eigenvalue weighted by Crippen LogP contribution is 2.46. The van der Waals surface area contributed by atoms with Crippen LogP contribution in [0, 0.1) is 33.5 Å². The lowest BCUT2D eigenvalue weighted by atomic mass is 9.65. The lowest BCUT2D eigenvalue weighted by molar-refractivity contribution is 0.133. The van der Waals surface area contributed by atoms with E-state index in [2.05, 4.69) is 61.7 Å². The van der Waals surface area contributed by atoms with Gasteiger partial charge in [0, 0.05) is 13.1 Å². The van der Waals surface area contributed by atoms with Crippen molar-refractivity contribution >= 4 is 9.39 Å². The predicted octanol–water partition coefficient (Wildman–Crippen LogP) is 4.09. The molecule has 0 aliphatic carbocycles. The van der Waals surface area contributed by atoms with Crippen LogP contribution in [0.2, 0.25) is 0 Å². The molecule has 1 aliphatic rings. The summed E-state index contributed by atoms with van der Waals surface area (Å²) < 4.78 is 2.36. The largest absolute Gasteiger partial charge is 0.286 e. The standard InChI is InChI=1S/C15H29N2P/c1-13(2)7-12(8-16)15(5,6)9-14(3,4)11-17(18)10-13/h12H,7,9-11,18H2,1-6H3. The van der Waals surface area contributed by atoms with E-state index in [-0.39, 0.29) is 22.2 Å². The van der Waals surface area contributed by atoms with Crippen LogP contribution in [0.4, 0.5) is 0 Å². The first-order chi connectivity index (χ1) is 7.97. The molecule has 2 atom stereocenters. The van der Waals surface area contributed by atoms with Gasteiger partial charge < -0.3 is 0 Å². The van der Waals surface area contributed by atoms with Gasteiger partial charge in [-0.2, -0.15) is 5.26 Å². The van der Waals surface area contributed by atoms with Crippen molar-refractivity contribution in [3.05, 3.63) is 0 Å². The molecule has 0 saturated carbocycles. The maximum Gasteiger partial charge on any atom is 0.0661 e. The van der Waals surface area contributed by atoms with Gasteiger partial charge in [-0.3, -0.25) is 4.67 Å². The molecule has 1 saturated heterocycles. The summed E-state index contributed by atoms with van der Waals surface area (Å²) in [5.41, 5.74) is 0.534. The highest BCUT2D eigenvalue weighted by molar-refractivity contribution is 7.13. The van der Waals surface area contributed by atoms with Gasteiger partial charge in [0.15, 0.2) is 0 Å². The fraction of sp³-hybridized carbons (Fsp3) is 0.933. The van der Waals surface area contributed by atoms with Crippen LogP contribution in [0.25, 0.3) is 0 Å². The summed E-state index contributed by atoms with van der Waals surface area (Å²) in [6.45, 7) is 15.8. The summed E-state index contributed by atoms with van der Waals surface area (Å²) in [5, 5.41) is 9.53. The molecular weight excluding hydrogens is 239 g/mol. The second-order valence-corrected chi connectivity index (χ2v) is 9.01. The Morgan fingerprint density at radius 3 is 2.06 bits per heavy atom. The van der Waals surface area contributed by atoms with E-state index in [4.69, 9.17) is 0 Å². The van der Waals surface area contributed by atoms with Gasteiger partial charge in [-0.1, -0.05) is 50.9 Å². The fourth-order valence-corrected chi connectivity index (χ4v) is 4.67. The van der Waals surface area contributed by atoms with Crippen molar-refractivity contribution < 1.29 is 0 Å². The van der Waals surface area contributed by atoms with Crippen LogP contribution in [0.5, 0.6) is 0 Å². The molecule has 1 heterocycles. The average Bonchev–Trinajstić information content (AvgIpc) is 2.10. The molecule has 0 aromatic heterocycles. The van der Waals surface area contributed by atoms with Crippen LogP contribution in [0.3, 0.4) is 0 Å². The third-order valence-electron chi connectivity index (χ3n) is 4.05. The van der Waals surface area contributed by atoms with Gasteiger partial charge in [-0.15, -0.1) is 0 Å². The summed E-state index contributed by atoms with van der Waals surface area (Å²) >= 11 is 0. The number of nitrogens with zero attached hydrogens (tertiary/aromatic N) is 2. The Morgan fingerprint density at radius 1 is 1.06 bits per heavy atom. The van der Waals surface area contributed by atoms with E-state index in [1.54, 1.807) is 0 Å². The summed E-state index contributed by atoms with van der Waals surface area (Å²) in [5.74, 6) is 0.142. The van der Waals surface area contributed by atoms with Crippen LogP contribution in [0.15, 0.2) is 0 Å². The SMILES string of the molecule is CC1(C)CC(C#N)C(C)(C)CC(C)(C)CN(P)C1. The number of nitriles is 1. The van der Waals surface area contributed by atoms with Crippen LogP contribution in [-0.4, -0.2) is 17.8 Å². The first kappa shape index (κ1) is 15.9. The maximum atomic E-state index is 9.53. The van der Waals surface area contributed by atoms with Gasteiger partial charge in [0.2, 0.25) is 0 Å². The van der Waals surface area contributed by atoms with Gasteiger partial charge in [0.05, 0.1) is 12.0 Å². The quantitative estimate of drug-likeness (QED) is 0.619. The van der Waals surface area contributed by atoms with E-state index in [1.165, 1.54) is 0 Å². The lowest BCUT2D eigenvalue weighted by Crippen LogP contribution is -2.34. The van der Waals surface area contributed by atoms with Crippen molar-refractivity contribution in [3.63, 3.8) is 0 Å². The molecule has 0 spiro atoms. The third-order valence-corrected chi connectivity index (χ3v) is 4.42. The molecule has 2 nitrogen and oxygen atoms in total. The third kappa shape index (κ3) is 4.22. The highest BCUT2D eigenvalue weighted by Gasteiger charge is 2.41. The number of hydrogen-bond acceptors (Lipinski definition) is 2. The zero-order chi connectivity index (χ0) is 14.2. The molecule has 1 rings (SSSR count). The van der Waals surface area contributed by atoms with Crippen LogP contribution < -0.4 is 0 Å². The van der Waals surface area contributed by atoms with Gasteiger partial charge in [0.25, 0.3) is 0 Å². The molecule has 104 valence electrons. The molecule has 0 bridgehead atoms. The van der Waals surface area contributed by atoms with Crippen molar-refractivity contribution in [1.29, 1.82) is 5.26 Å². The molecule has 0 aromatic carbocycles. The molecule has 1 aliphatic heterocycles. The Morgan fingerprint density at radius 2 is 1.56 bits per heavy atom. The number of hydrogen-bond donors (Lipinski definition) is 0. The van der Waals surface area contributed by atoms with Gasteiger partial charge in [-0.25, -0.2) is 0 Å². The summed E-state index contributed by atoms with van der Waals surface area (Å²) in [7, 11) is 2.87. The Hall–Kier alpha value is -0.120. The van der Waals surface area contributed by atoms with Crippen molar-refractivity contribution in [3.8, 4) is 6.07 Å². The molecule has 0 N–H and O–H groups in total. The van der Waals surface area contributed by atoms with Gasteiger partial charge in [0.1, 0.15) is 0 Å². The second kappa shape index (κ2) is 5.10. The molecule has 3 heteroatoms. The molecule has 0 amide bonds. The first-order valence-electron chi connectivity index (χ1n) is 6.87. The van der Waals surface area contributed by atoms with E-state index in [1.807, 2.05) is 0 Å². The Balaban J connectivity index is 3.09. The maximum absolute atomic E-state index is 9.53. The van der Waals surface area contributed by atoms with E-state index in [9.17, 15) is 5.26 Å². The smallest absolute Gasteiger partial charge is 0.0661 e. The van der Waals surface area contributed by atoms with Crippen molar-refractivity contribution in [2.75, 3.05) is 13.1 Å². The molecule has 1 fully saturated rings. The minimum Gasteiger partial charge on any atom is -0.286 e. The topological polar surface area (TPSA) is 27.0 Å². The summed E-state index contributed by atoms with van der Waals surface area (Å²) in [6, 6.07) is 2.57. The Bertz CT molecular complexity index is 339. The lowest BCUT2D eigenvalue weighted by Gasteiger charge is -2.38. The van der Waals surface area contributed by atoms with Gasteiger partial charge in [-0.05, 0) is 29.1 Å². The second-order valence-electron chi connectivity index (χ2n) is 8.28. The molecule has 18 heavy (non-hydrogen) atoms. The zero-order valence-corrected chi connectivity index (χ0v) is 14.0. The van der Waals surface area contributed by atoms with E-state index in [0.717, 1.165) is 25.9 Å². The predicted molar refractivity (Wildman–Crippen MR) is 81.0 cm³/mol. The summed E-state index contributed by atoms with van der Waals surface area (Å²) in [4.78, 5) is 0. The van der Waals surface area contributed by atoms with E-state index in [0.29, 0.717) is 0 Å². The van der Waals surface area contributed by atoms with Crippen LogP contribution >= 0.6 is 9.39 Å². The molecule has 0 aromatic rings. The minimum absolute atomic E-state index is 0.0887. The highest BCUT2D eigenvalue weighted by atomic mass is 31.0. The molecule has 2 unspecified atom stereocenters. The van der Waals surface area contributed by atoms with Crippen LogP contribution in [-0.2, 0) is 0 Å². The minimum atomic E-state index is 0.0887. The monoisotopic (exact) mass is 268 g/mol. The van der Waals surface area contributed by atoms with E-state index >= 15 is 0 Å². The number of rotatable bonds is 0. The van der Waals surface area contributed by atoms with E-state index < -0.39 is 0 Å². The van der Waals surface area contributed by atoms with Crippen LogP contribution in [0.1, 0.15) is 54.4 Å². The summed E-state index contributed by atoms with van der Waals surface area (Å²) in [6.07, 6.45) is 2.08. The zero-order valence-electron chi connectivity index (χ0n) is 12.9. The average molecular weight is 268 g/mol. The van der Waals surface area contributed by atoms with Crippen molar-refractivity contribution in [2.45, 2.75) is 54.4 Å². The normalized spacial score (nSPS) is 31.8. The Labute approximate surface area is 115 Å². The Kier molecular flexibility index (Phi) is 4.52. The van der Waals surface area contributed by atoms with Crippen molar-refractivity contribution in [1.82, 2.24) is 4.67 Å². The van der Waals surface area contributed by atoms with Gasteiger partial charge >= 0.3 is 0 Å². The van der Waals surface area contributed by atoms with Crippen molar-refractivity contribution in [2.24, 2.45) is 22.2 Å². The molecule has 0 radical (unpaired) electrons. The fourth-order valence-electron chi connectivity index (χ4n) is 3.68.